The minimum absolute atomic E-state index is 0.0418. The molecule has 6 heteroatoms. The van der Waals surface area contributed by atoms with E-state index in [-0.39, 0.29) is 30.5 Å². The fourth-order valence-corrected chi connectivity index (χ4v) is 3.64. The van der Waals surface area contributed by atoms with E-state index < -0.39 is 0 Å². The van der Waals surface area contributed by atoms with Crippen molar-refractivity contribution in [3.63, 3.8) is 0 Å². The Balaban J connectivity index is 1.63. The minimum atomic E-state index is 0.0418. The van der Waals surface area contributed by atoms with E-state index in [0.717, 1.165) is 51.9 Å². The molecule has 6 nitrogen and oxygen atoms in total. The van der Waals surface area contributed by atoms with Crippen LogP contribution in [0.5, 0.6) is 0 Å². The predicted octanol–water partition coefficient (Wildman–Crippen LogP) is 1.04. The monoisotopic (exact) mass is 324 g/mol. The van der Waals surface area contributed by atoms with Crippen molar-refractivity contribution in [1.82, 2.24) is 9.80 Å². The molecule has 2 amide bonds. The third kappa shape index (κ3) is 4.04. The Morgan fingerprint density at radius 2 is 1.87 bits per heavy atom. The van der Waals surface area contributed by atoms with Gasteiger partial charge in [-0.3, -0.25) is 9.59 Å². The molecular weight excluding hydrogens is 296 g/mol. The number of carbonyl (C=O) groups excluding carboxylic acids is 2. The van der Waals surface area contributed by atoms with Crippen LogP contribution in [0.25, 0.3) is 0 Å². The normalized spacial score (nSPS) is 25.6. The van der Waals surface area contributed by atoms with Crippen LogP contribution >= 0.6 is 0 Å². The van der Waals surface area contributed by atoms with Crippen molar-refractivity contribution in [3.8, 4) is 0 Å². The van der Waals surface area contributed by atoms with Crippen LogP contribution in [0.15, 0.2) is 0 Å². The molecule has 0 bridgehead atoms. The summed E-state index contributed by atoms with van der Waals surface area (Å²) in [5.74, 6) is 0.576. The van der Waals surface area contributed by atoms with Crippen LogP contribution in [0.4, 0.5) is 0 Å². The summed E-state index contributed by atoms with van der Waals surface area (Å²) >= 11 is 0. The fraction of sp³-hybridized carbons (Fsp3) is 0.882. The SMILES string of the molecule is CCOCC(=O)N1CCC(N(C(=O)C2CC2)C2CCOCC2)C1. The van der Waals surface area contributed by atoms with Crippen LogP contribution < -0.4 is 0 Å². The molecule has 3 rings (SSSR count). The lowest BCUT2D eigenvalue weighted by molar-refractivity contribution is -0.141. The number of amides is 2. The number of nitrogens with zero attached hydrogens (tertiary/aromatic N) is 2. The lowest BCUT2D eigenvalue weighted by Gasteiger charge is -2.38. The highest BCUT2D eigenvalue weighted by Crippen LogP contribution is 2.35. The molecule has 0 spiro atoms. The van der Waals surface area contributed by atoms with Crippen molar-refractivity contribution < 1.29 is 19.1 Å². The fourth-order valence-electron chi connectivity index (χ4n) is 3.64. The molecule has 1 atom stereocenters. The van der Waals surface area contributed by atoms with E-state index in [1.807, 2.05) is 11.8 Å². The third-order valence-electron chi connectivity index (χ3n) is 5.10. The van der Waals surface area contributed by atoms with Gasteiger partial charge >= 0.3 is 0 Å². The molecule has 1 saturated carbocycles. The molecule has 2 heterocycles. The summed E-state index contributed by atoms with van der Waals surface area (Å²) in [6.07, 6.45) is 4.77. The van der Waals surface area contributed by atoms with Gasteiger partial charge in [0.1, 0.15) is 6.61 Å². The summed E-state index contributed by atoms with van der Waals surface area (Å²) < 4.78 is 10.7. The van der Waals surface area contributed by atoms with Gasteiger partial charge in [-0.2, -0.15) is 0 Å². The van der Waals surface area contributed by atoms with Crippen LogP contribution in [0.3, 0.4) is 0 Å². The maximum absolute atomic E-state index is 12.8. The number of hydrogen-bond donors (Lipinski definition) is 0. The molecule has 2 saturated heterocycles. The Bertz CT molecular complexity index is 432. The maximum Gasteiger partial charge on any atom is 0.248 e. The first-order valence-electron chi connectivity index (χ1n) is 8.96. The first-order valence-corrected chi connectivity index (χ1v) is 8.96. The Morgan fingerprint density at radius 1 is 1.13 bits per heavy atom. The summed E-state index contributed by atoms with van der Waals surface area (Å²) in [5.41, 5.74) is 0. The predicted molar refractivity (Wildman–Crippen MR) is 84.9 cm³/mol. The van der Waals surface area contributed by atoms with E-state index in [1.54, 1.807) is 0 Å². The second kappa shape index (κ2) is 7.62. The van der Waals surface area contributed by atoms with Gasteiger partial charge in [-0.1, -0.05) is 0 Å². The second-order valence-corrected chi connectivity index (χ2v) is 6.78. The van der Waals surface area contributed by atoms with Crippen molar-refractivity contribution in [3.05, 3.63) is 0 Å². The largest absolute Gasteiger partial charge is 0.381 e. The Labute approximate surface area is 138 Å². The Hall–Kier alpha value is -1.14. The Kier molecular flexibility index (Phi) is 5.54. The van der Waals surface area contributed by atoms with Gasteiger partial charge in [-0.05, 0) is 39.0 Å². The highest BCUT2D eigenvalue weighted by Gasteiger charge is 2.42. The van der Waals surface area contributed by atoms with Crippen molar-refractivity contribution in [2.24, 2.45) is 5.92 Å². The minimum Gasteiger partial charge on any atom is -0.381 e. The van der Waals surface area contributed by atoms with Crippen molar-refractivity contribution >= 4 is 11.8 Å². The van der Waals surface area contributed by atoms with E-state index in [9.17, 15) is 9.59 Å². The second-order valence-electron chi connectivity index (χ2n) is 6.78. The van der Waals surface area contributed by atoms with Gasteiger partial charge in [-0.15, -0.1) is 0 Å². The molecule has 3 aliphatic rings. The number of hydrogen-bond acceptors (Lipinski definition) is 4. The molecule has 1 aliphatic carbocycles. The zero-order chi connectivity index (χ0) is 16.2. The molecule has 0 radical (unpaired) electrons. The average molecular weight is 324 g/mol. The topological polar surface area (TPSA) is 59.1 Å². The molecule has 0 N–H and O–H groups in total. The highest BCUT2D eigenvalue weighted by atomic mass is 16.5. The molecular formula is C17H28N2O4. The zero-order valence-electron chi connectivity index (χ0n) is 14.0. The van der Waals surface area contributed by atoms with Crippen LogP contribution in [0, 0.1) is 5.92 Å². The maximum atomic E-state index is 12.8. The van der Waals surface area contributed by atoms with Gasteiger partial charge in [0.2, 0.25) is 11.8 Å². The summed E-state index contributed by atoms with van der Waals surface area (Å²) in [5, 5.41) is 0. The van der Waals surface area contributed by atoms with E-state index in [4.69, 9.17) is 9.47 Å². The number of rotatable bonds is 6. The molecule has 3 fully saturated rings. The highest BCUT2D eigenvalue weighted by molar-refractivity contribution is 5.82. The quantitative estimate of drug-likeness (QED) is 0.732. The third-order valence-corrected chi connectivity index (χ3v) is 5.10. The van der Waals surface area contributed by atoms with Gasteiger partial charge in [-0.25, -0.2) is 0 Å². The van der Waals surface area contributed by atoms with E-state index in [2.05, 4.69) is 4.90 Å². The summed E-state index contributed by atoms with van der Waals surface area (Å²) in [7, 11) is 0. The molecule has 130 valence electrons. The van der Waals surface area contributed by atoms with Gasteiger partial charge in [0.25, 0.3) is 0 Å². The van der Waals surface area contributed by atoms with Crippen molar-refractivity contribution in [1.29, 1.82) is 0 Å². The Morgan fingerprint density at radius 3 is 2.52 bits per heavy atom. The van der Waals surface area contributed by atoms with E-state index >= 15 is 0 Å². The lowest BCUT2D eigenvalue weighted by atomic mass is 10.0. The molecule has 0 aromatic carbocycles. The van der Waals surface area contributed by atoms with Crippen LogP contribution in [-0.2, 0) is 19.1 Å². The van der Waals surface area contributed by atoms with Gasteiger partial charge in [0.05, 0.1) is 6.04 Å². The summed E-state index contributed by atoms with van der Waals surface area (Å²) in [6, 6.07) is 0.445. The molecule has 23 heavy (non-hydrogen) atoms. The van der Waals surface area contributed by atoms with Crippen molar-refractivity contribution in [2.45, 2.75) is 51.1 Å². The summed E-state index contributed by atoms with van der Waals surface area (Å²) in [6.45, 7) is 5.45. The van der Waals surface area contributed by atoms with E-state index in [1.165, 1.54) is 0 Å². The number of carbonyl (C=O) groups is 2. The molecule has 0 aromatic rings. The lowest BCUT2D eigenvalue weighted by Crippen LogP contribution is -2.51. The number of likely N-dealkylation sites (tertiary alicyclic amines) is 1. The zero-order valence-corrected chi connectivity index (χ0v) is 14.0. The first kappa shape index (κ1) is 16.7. The van der Waals surface area contributed by atoms with Gasteiger partial charge in [0.15, 0.2) is 0 Å². The van der Waals surface area contributed by atoms with Gasteiger partial charge < -0.3 is 19.3 Å². The van der Waals surface area contributed by atoms with E-state index in [0.29, 0.717) is 19.1 Å². The van der Waals surface area contributed by atoms with Crippen LogP contribution in [-0.4, -0.2) is 73.2 Å². The summed E-state index contributed by atoms with van der Waals surface area (Å²) in [4.78, 5) is 28.9. The van der Waals surface area contributed by atoms with Crippen LogP contribution in [0.2, 0.25) is 0 Å². The van der Waals surface area contributed by atoms with Crippen LogP contribution in [0.1, 0.15) is 39.0 Å². The molecule has 2 aliphatic heterocycles. The molecule has 0 aromatic heterocycles. The molecule has 1 unspecified atom stereocenters. The smallest absolute Gasteiger partial charge is 0.248 e. The standard InChI is InChI=1S/C17H28N2O4/c1-2-22-12-16(20)18-8-5-15(11-18)19(17(21)13-3-4-13)14-6-9-23-10-7-14/h13-15H,2-12H2,1H3. The number of ether oxygens (including phenoxy) is 2. The first-order chi connectivity index (χ1) is 11.2. The van der Waals surface area contributed by atoms with Crippen molar-refractivity contribution in [2.75, 3.05) is 39.5 Å². The van der Waals surface area contributed by atoms with Gasteiger partial charge in [0, 0.05) is 44.9 Å². The average Bonchev–Trinajstić information content (AvgIpc) is 3.32.